The number of halogens is 4. The van der Waals surface area contributed by atoms with Gasteiger partial charge in [0.05, 0.1) is 5.39 Å². The number of rotatable bonds is 5. The Morgan fingerprint density at radius 2 is 1.73 bits per heavy atom. The number of hydrogen-bond acceptors (Lipinski definition) is 5. The molecule has 0 saturated carbocycles. The normalized spacial score (nSPS) is 11.6. The van der Waals surface area contributed by atoms with Crippen LogP contribution in [0.2, 0.25) is 0 Å². The number of alkyl halides is 3. The fraction of sp³-hybridized carbons (Fsp3) is 0.0909. The number of aromatic nitrogens is 1. The maximum Gasteiger partial charge on any atom is 0.488 e. The molecule has 168 valence electrons. The van der Waals surface area contributed by atoms with Crippen LogP contribution in [-0.2, 0) is 12.6 Å². The molecule has 1 amide bonds. The number of fused-ring (bicyclic) bond motifs is 1. The number of anilines is 1. The lowest BCUT2D eigenvalue weighted by Crippen LogP contribution is -2.29. The van der Waals surface area contributed by atoms with Crippen molar-refractivity contribution in [2.75, 3.05) is 5.32 Å². The van der Waals surface area contributed by atoms with E-state index >= 15 is 4.39 Å². The van der Waals surface area contributed by atoms with Crippen LogP contribution in [0, 0.1) is 5.82 Å². The zero-order valence-electron chi connectivity index (χ0n) is 16.7. The van der Waals surface area contributed by atoms with Crippen LogP contribution in [0.5, 0.6) is 0 Å². The second kappa shape index (κ2) is 8.93. The topological polar surface area (TPSA) is 82.5 Å². The van der Waals surface area contributed by atoms with Gasteiger partial charge in [-0.2, -0.15) is 13.2 Å². The molecular weight excluding hydrogens is 459 g/mol. The summed E-state index contributed by atoms with van der Waals surface area (Å²) in [5, 5.41) is 20.6. The van der Waals surface area contributed by atoms with E-state index in [0.29, 0.717) is 16.9 Å². The van der Waals surface area contributed by atoms with Crippen LogP contribution in [0.15, 0.2) is 60.7 Å². The van der Waals surface area contributed by atoms with E-state index < -0.39 is 35.6 Å². The minimum atomic E-state index is -4.73. The van der Waals surface area contributed by atoms with E-state index in [0.717, 1.165) is 6.07 Å². The molecule has 0 aliphatic carbocycles. The van der Waals surface area contributed by atoms with Crippen LogP contribution in [0.3, 0.4) is 0 Å². The van der Waals surface area contributed by atoms with Crippen LogP contribution in [0.4, 0.5) is 23.2 Å². The standard InChI is InChI=1S/C22H15BF4N2O3S/c24-18-17-13(10-12-4-2-1-3-5-12)11-16(22(25,26)27)29-21(17)33-19(18)20(30)28-15-8-6-14(7-9-15)23(31)32/h1-9,11,31-32H,10H2,(H,28,30). The van der Waals surface area contributed by atoms with Crippen molar-refractivity contribution in [2.24, 2.45) is 0 Å². The first kappa shape index (κ1) is 22.9. The highest BCUT2D eigenvalue weighted by molar-refractivity contribution is 7.20. The summed E-state index contributed by atoms with van der Waals surface area (Å²) in [6.07, 6.45) is -4.70. The number of carbonyl (C=O) groups is 1. The molecule has 0 atom stereocenters. The van der Waals surface area contributed by atoms with Gasteiger partial charge in [-0.1, -0.05) is 42.5 Å². The predicted molar refractivity (Wildman–Crippen MR) is 118 cm³/mol. The van der Waals surface area contributed by atoms with Crippen LogP contribution in [0.1, 0.15) is 26.5 Å². The van der Waals surface area contributed by atoms with E-state index in [1.165, 1.54) is 24.3 Å². The quantitative estimate of drug-likeness (QED) is 0.302. The Hall–Kier alpha value is -3.28. The molecule has 0 spiro atoms. The summed E-state index contributed by atoms with van der Waals surface area (Å²) in [7, 11) is -1.69. The van der Waals surface area contributed by atoms with E-state index in [2.05, 4.69) is 10.3 Å². The monoisotopic (exact) mass is 474 g/mol. The minimum Gasteiger partial charge on any atom is -0.423 e. The summed E-state index contributed by atoms with van der Waals surface area (Å²) in [5.41, 5.74) is 0.0333. The highest BCUT2D eigenvalue weighted by Gasteiger charge is 2.35. The maximum absolute atomic E-state index is 15.3. The Balaban J connectivity index is 1.74. The lowest BCUT2D eigenvalue weighted by molar-refractivity contribution is -0.141. The highest BCUT2D eigenvalue weighted by Crippen LogP contribution is 2.37. The summed E-state index contributed by atoms with van der Waals surface area (Å²) < 4.78 is 55.5. The molecule has 3 N–H and O–H groups in total. The smallest absolute Gasteiger partial charge is 0.423 e. The van der Waals surface area contributed by atoms with Crippen molar-refractivity contribution in [3.05, 3.63) is 88.2 Å². The number of nitrogens with zero attached hydrogens (tertiary/aromatic N) is 1. The third kappa shape index (κ3) is 4.90. The summed E-state index contributed by atoms with van der Waals surface area (Å²) in [4.78, 5) is 15.6. The first-order valence-corrected chi connectivity index (χ1v) is 10.5. The number of carbonyl (C=O) groups excluding carboxylic acids is 1. The van der Waals surface area contributed by atoms with E-state index in [-0.39, 0.29) is 33.4 Å². The Bertz CT molecular complexity index is 1310. The summed E-state index contributed by atoms with van der Waals surface area (Å²) in [6, 6.07) is 14.9. The predicted octanol–water partition coefficient (Wildman–Crippen LogP) is 3.98. The van der Waals surface area contributed by atoms with Crippen LogP contribution in [-0.4, -0.2) is 28.1 Å². The number of thiophene rings is 1. The molecule has 0 bridgehead atoms. The Kier molecular flexibility index (Phi) is 6.20. The molecule has 33 heavy (non-hydrogen) atoms. The van der Waals surface area contributed by atoms with Gasteiger partial charge in [-0.15, -0.1) is 11.3 Å². The molecule has 5 nitrogen and oxygen atoms in total. The molecule has 2 aromatic heterocycles. The zero-order valence-corrected chi connectivity index (χ0v) is 17.5. The second-order valence-corrected chi connectivity index (χ2v) is 8.20. The first-order chi connectivity index (χ1) is 15.6. The van der Waals surface area contributed by atoms with Gasteiger partial charge < -0.3 is 15.4 Å². The van der Waals surface area contributed by atoms with Gasteiger partial charge in [0.2, 0.25) is 0 Å². The molecule has 11 heteroatoms. The number of amides is 1. The van der Waals surface area contributed by atoms with Crippen LogP contribution >= 0.6 is 11.3 Å². The number of pyridine rings is 1. The lowest BCUT2D eigenvalue weighted by Gasteiger charge is -2.10. The van der Waals surface area contributed by atoms with E-state index in [4.69, 9.17) is 10.0 Å². The Labute approximate surface area is 189 Å². The van der Waals surface area contributed by atoms with Crippen molar-refractivity contribution in [1.29, 1.82) is 0 Å². The van der Waals surface area contributed by atoms with E-state index in [9.17, 15) is 18.0 Å². The van der Waals surface area contributed by atoms with Gasteiger partial charge in [-0.05, 0) is 41.2 Å². The molecule has 0 aliphatic rings. The fourth-order valence-corrected chi connectivity index (χ4v) is 4.30. The van der Waals surface area contributed by atoms with Crippen molar-refractivity contribution in [3.63, 3.8) is 0 Å². The Morgan fingerprint density at radius 1 is 1.06 bits per heavy atom. The fourth-order valence-electron chi connectivity index (χ4n) is 3.31. The van der Waals surface area contributed by atoms with Crippen molar-refractivity contribution in [1.82, 2.24) is 4.98 Å². The van der Waals surface area contributed by atoms with Crippen LogP contribution in [0.25, 0.3) is 10.2 Å². The lowest BCUT2D eigenvalue weighted by atomic mass is 9.80. The van der Waals surface area contributed by atoms with Crippen molar-refractivity contribution < 1.29 is 32.4 Å². The van der Waals surface area contributed by atoms with Crippen molar-refractivity contribution >= 4 is 45.7 Å². The van der Waals surface area contributed by atoms with E-state index in [1.807, 2.05) is 0 Å². The largest absolute Gasteiger partial charge is 0.488 e. The molecule has 2 heterocycles. The maximum atomic E-state index is 15.3. The van der Waals surface area contributed by atoms with Gasteiger partial charge in [0, 0.05) is 5.69 Å². The third-order valence-corrected chi connectivity index (χ3v) is 5.94. The van der Waals surface area contributed by atoms with Gasteiger partial charge >= 0.3 is 13.3 Å². The van der Waals surface area contributed by atoms with Crippen molar-refractivity contribution in [3.8, 4) is 0 Å². The molecule has 0 fully saturated rings. The number of hydrogen-bond donors (Lipinski definition) is 3. The number of nitrogens with one attached hydrogen (secondary N) is 1. The zero-order chi connectivity index (χ0) is 23.8. The first-order valence-electron chi connectivity index (χ1n) is 9.64. The molecule has 4 rings (SSSR count). The molecule has 0 aliphatic heterocycles. The minimum absolute atomic E-state index is 0.0304. The molecule has 2 aromatic carbocycles. The number of benzene rings is 2. The average molecular weight is 474 g/mol. The summed E-state index contributed by atoms with van der Waals surface area (Å²) in [5.74, 6) is -1.80. The van der Waals surface area contributed by atoms with Crippen molar-refractivity contribution in [2.45, 2.75) is 12.6 Å². The molecule has 0 saturated heterocycles. The summed E-state index contributed by atoms with van der Waals surface area (Å²) >= 11 is 0.536. The van der Waals surface area contributed by atoms with Gasteiger partial charge in [-0.25, -0.2) is 9.37 Å². The van der Waals surface area contributed by atoms with Gasteiger partial charge in [0.15, 0.2) is 5.82 Å². The van der Waals surface area contributed by atoms with Crippen LogP contribution < -0.4 is 10.8 Å². The second-order valence-electron chi connectivity index (χ2n) is 7.20. The SMILES string of the molecule is O=C(Nc1ccc(B(O)O)cc1)c1sc2nc(C(F)(F)F)cc(Cc3ccccc3)c2c1F. The van der Waals surface area contributed by atoms with Gasteiger partial charge in [-0.3, -0.25) is 4.79 Å². The third-order valence-electron chi connectivity index (χ3n) is 4.89. The summed E-state index contributed by atoms with van der Waals surface area (Å²) in [6.45, 7) is 0. The molecule has 0 radical (unpaired) electrons. The average Bonchev–Trinajstić information content (AvgIpc) is 3.11. The van der Waals surface area contributed by atoms with Gasteiger partial charge in [0.1, 0.15) is 15.4 Å². The highest BCUT2D eigenvalue weighted by atomic mass is 32.1. The van der Waals surface area contributed by atoms with E-state index in [1.54, 1.807) is 30.3 Å². The molecular formula is C22H15BF4N2O3S. The van der Waals surface area contributed by atoms with Gasteiger partial charge in [0.25, 0.3) is 5.91 Å². The molecule has 4 aromatic rings. The molecule has 0 unspecified atom stereocenters. The Morgan fingerprint density at radius 3 is 2.33 bits per heavy atom.